The van der Waals surface area contributed by atoms with Gasteiger partial charge in [0.2, 0.25) is 0 Å². The molecule has 10 heavy (non-hydrogen) atoms. The van der Waals surface area contributed by atoms with Crippen LogP contribution in [-0.2, 0) is 4.79 Å². The summed E-state index contributed by atoms with van der Waals surface area (Å²) in [6.07, 6.45) is 1.53. The molecule has 0 amide bonds. The third kappa shape index (κ3) is 2.62. The molecule has 0 heterocycles. The topological polar surface area (TPSA) is 49.7 Å². The fourth-order valence-corrected chi connectivity index (χ4v) is 0.682. The zero-order valence-corrected chi connectivity index (χ0v) is 6.53. The summed E-state index contributed by atoms with van der Waals surface area (Å²) in [5.41, 5.74) is 0. The Labute approximate surface area is 60.8 Å². The fraction of sp³-hybridized carbons (Fsp3) is 0.714. The first kappa shape index (κ1) is 9.14. The van der Waals surface area contributed by atoms with E-state index in [2.05, 4.69) is 4.99 Å². The molecule has 0 spiro atoms. The van der Waals surface area contributed by atoms with Crippen LogP contribution in [-0.4, -0.2) is 23.3 Å². The Balaban J connectivity index is 4.12. The first-order chi connectivity index (χ1) is 4.59. The van der Waals surface area contributed by atoms with Crippen molar-refractivity contribution in [2.45, 2.75) is 26.8 Å². The standard InChI is InChI=1S/C7H13NO2/c1-4-8-6(5(2)3)7(9)10/h4-6H,1-3H3,(H,9,10)/t6-/m0/s1. The first-order valence-electron chi connectivity index (χ1n) is 3.30. The number of hydrogen-bond acceptors (Lipinski definition) is 2. The van der Waals surface area contributed by atoms with Crippen LogP contribution >= 0.6 is 0 Å². The van der Waals surface area contributed by atoms with Gasteiger partial charge in [0, 0.05) is 0 Å². The van der Waals surface area contributed by atoms with Crippen LogP contribution in [0, 0.1) is 5.92 Å². The Hall–Kier alpha value is -0.860. The van der Waals surface area contributed by atoms with E-state index < -0.39 is 12.0 Å². The van der Waals surface area contributed by atoms with Crippen molar-refractivity contribution in [3.8, 4) is 0 Å². The van der Waals surface area contributed by atoms with Crippen LogP contribution in [0.4, 0.5) is 0 Å². The lowest BCUT2D eigenvalue weighted by Crippen LogP contribution is -2.23. The normalized spacial score (nSPS) is 14.4. The molecular weight excluding hydrogens is 130 g/mol. The van der Waals surface area contributed by atoms with E-state index in [0.717, 1.165) is 0 Å². The fourth-order valence-electron chi connectivity index (χ4n) is 0.682. The van der Waals surface area contributed by atoms with E-state index in [1.165, 1.54) is 6.21 Å². The molecule has 0 aliphatic rings. The molecule has 0 radical (unpaired) electrons. The average molecular weight is 143 g/mol. The molecule has 0 aromatic carbocycles. The van der Waals surface area contributed by atoms with Crippen LogP contribution in [0.15, 0.2) is 4.99 Å². The molecule has 58 valence electrons. The molecule has 0 aromatic heterocycles. The molecule has 0 bridgehead atoms. The van der Waals surface area contributed by atoms with Crippen molar-refractivity contribution in [3.63, 3.8) is 0 Å². The van der Waals surface area contributed by atoms with Gasteiger partial charge >= 0.3 is 5.97 Å². The maximum Gasteiger partial charge on any atom is 0.328 e. The number of carboxylic acids is 1. The highest BCUT2D eigenvalue weighted by molar-refractivity contribution is 5.76. The summed E-state index contributed by atoms with van der Waals surface area (Å²) in [4.78, 5) is 14.2. The van der Waals surface area contributed by atoms with Gasteiger partial charge < -0.3 is 5.11 Å². The largest absolute Gasteiger partial charge is 0.480 e. The molecule has 0 aliphatic heterocycles. The quantitative estimate of drug-likeness (QED) is 0.603. The van der Waals surface area contributed by atoms with E-state index in [1.807, 2.05) is 13.8 Å². The lowest BCUT2D eigenvalue weighted by Gasteiger charge is -2.09. The van der Waals surface area contributed by atoms with Gasteiger partial charge in [-0.1, -0.05) is 13.8 Å². The van der Waals surface area contributed by atoms with Gasteiger partial charge in [0.15, 0.2) is 0 Å². The molecule has 1 N–H and O–H groups in total. The molecule has 0 unspecified atom stereocenters. The summed E-state index contributed by atoms with van der Waals surface area (Å²) in [6, 6.07) is -0.579. The minimum absolute atomic E-state index is 0.0636. The second-order valence-electron chi connectivity index (χ2n) is 2.43. The van der Waals surface area contributed by atoms with Crippen LogP contribution in [0.25, 0.3) is 0 Å². The predicted molar refractivity (Wildman–Crippen MR) is 40.4 cm³/mol. The molecule has 0 aliphatic carbocycles. The molecule has 0 aromatic rings. The molecule has 1 atom stereocenters. The summed E-state index contributed by atoms with van der Waals surface area (Å²) in [5, 5.41) is 8.56. The van der Waals surface area contributed by atoms with Gasteiger partial charge in [-0.25, -0.2) is 4.79 Å². The van der Waals surface area contributed by atoms with Crippen LogP contribution in [0.5, 0.6) is 0 Å². The summed E-state index contributed by atoms with van der Waals surface area (Å²) < 4.78 is 0. The molecular formula is C7H13NO2. The second kappa shape index (κ2) is 4.04. The summed E-state index contributed by atoms with van der Waals surface area (Å²) >= 11 is 0. The van der Waals surface area contributed by atoms with Crippen molar-refractivity contribution in [2.75, 3.05) is 0 Å². The average Bonchev–Trinajstić information content (AvgIpc) is 1.81. The van der Waals surface area contributed by atoms with Crippen molar-refractivity contribution in [1.29, 1.82) is 0 Å². The molecule has 0 rings (SSSR count). The Morgan fingerprint density at radius 2 is 2.10 bits per heavy atom. The van der Waals surface area contributed by atoms with Gasteiger partial charge in [-0.3, -0.25) is 4.99 Å². The molecule has 0 saturated heterocycles. The summed E-state index contributed by atoms with van der Waals surface area (Å²) in [5.74, 6) is -0.790. The number of hydrogen-bond donors (Lipinski definition) is 1. The van der Waals surface area contributed by atoms with E-state index in [1.54, 1.807) is 6.92 Å². The second-order valence-corrected chi connectivity index (χ2v) is 2.43. The SMILES string of the molecule is CC=N[C@H](C(=O)O)C(C)C. The van der Waals surface area contributed by atoms with Crippen molar-refractivity contribution >= 4 is 12.2 Å². The van der Waals surface area contributed by atoms with Crippen molar-refractivity contribution in [2.24, 2.45) is 10.9 Å². The number of carboxylic acid groups (broad SMARTS) is 1. The third-order valence-corrected chi connectivity index (χ3v) is 1.19. The molecule has 0 saturated carbocycles. The van der Waals surface area contributed by atoms with Crippen molar-refractivity contribution in [1.82, 2.24) is 0 Å². The molecule has 3 heteroatoms. The van der Waals surface area contributed by atoms with Crippen molar-refractivity contribution < 1.29 is 9.90 Å². The van der Waals surface area contributed by atoms with Gasteiger partial charge in [-0.2, -0.15) is 0 Å². The number of nitrogens with zero attached hydrogens (tertiary/aromatic N) is 1. The third-order valence-electron chi connectivity index (χ3n) is 1.19. The Morgan fingerprint density at radius 1 is 1.60 bits per heavy atom. The van der Waals surface area contributed by atoms with E-state index in [4.69, 9.17) is 5.11 Å². The Morgan fingerprint density at radius 3 is 2.20 bits per heavy atom. The smallest absolute Gasteiger partial charge is 0.328 e. The first-order valence-corrected chi connectivity index (χ1v) is 3.30. The van der Waals surface area contributed by atoms with Gasteiger partial charge in [-0.05, 0) is 19.1 Å². The maximum atomic E-state index is 10.4. The molecule has 3 nitrogen and oxygen atoms in total. The number of aliphatic carboxylic acids is 1. The predicted octanol–water partition coefficient (Wildman–Crippen LogP) is 1.19. The minimum Gasteiger partial charge on any atom is -0.480 e. The zero-order chi connectivity index (χ0) is 8.15. The zero-order valence-electron chi connectivity index (χ0n) is 6.53. The van der Waals surface area contributed by atoms with E-state index in [0.29, 0.717) is 0 Å². The van der Waals surface area contributed by atoms with Crippen LogP contribution in [0.1, 0.15) is 20.8 Å². The molecule has 0 fully saturated rings. The maximum absolute atomic E-state index is 10.4. The van der Waals surface area contributed by atoms with Crippen LogP contribution in [0.3, 0.4) is 0 Å². The number of aliphatic imine (C=N–C) groups is 1. The highest BCUT2D eigenvalue weighted by atomic mass is 16.4. The number of carbonyl (C=O) groups is 1. The van der Waals surface area contributed by atoms with E-state index >= 15 is 0 Å². The van der Waals surface area contributed by atoms with Crippen molar-refractivity contribution in [3.05, 3.63) is 0 Å². The van der Waals surface area contributed by atoms with E-state index in [-0.39, 0.29) is 5.92 Å². The summed E-state index contributed by atoms with van der Waals surface area (Å²) in [6.45, 7) is 5.40. The Bertz CT molecular complexity index is 141. The monoisotopic (exact) mass is 143 g/mol. The summed E-state index contributed by atoms with van der Waals surface area (Å²) in [7, 11) is 0. The highest BCUT2D eigenvalue weighted by Crippen LogP contribution is 2.05. The Kier molecular flexibility index (Phi) is 3.69. The van der Waals surface area contributed by atoms with Crippen LogP contribution in [0.2, 0.25) is 0 Å². The van der Waals surface area contributed by atoms with Gasteiger partial charge in [0.1, 0.15) is 6.04 Å². The lowest BCUT2D eigenvalue weighted by molar-refractivity contribution is -0.139. The number of rotatable bonds is 3. The highest BCUT2D eigenvalue weighted by Gasteiger charge is 2.18. The van der Waals surface area contributed by atoms with Gasteiger partial charge in [0.05, 0.1) is 0 Å². The van der Waals surface area contributed by atoms with Crippen LogP contribution < -0.4 is 0 Å². The van der Waals surface area contributed by atoms with E-state index in [9.17, 15) is 4.79 Å². The van der Waals surface area contributed by atoms with Gasteiger partial charge in [-0.15, -0.1) is 0 Å². The van der Waals surface area contributed by atoms with Gasteiger partial charge in [0.25, 0.3) is 0 Å². The lowest BCUT2D eigenvalue weighted by atomic mass is 10.1. The minimum atomic E-state index is -0.854.